The minimum Gasteiger partial charge on any atom is -0.0619 e. The van der Waals surface area contributed by atoms with Gasteiger partial charge in [-0.15, -0.1) is 0 Å². The Morgan fingerprint density at radius 2 is 1.44 bits per heavy atom. The largest absolute Gasteiger partial charge is 0.0619 e. The molecule has 0 radical (unpaired) electrons. The van der Waals surface area contributed by atoms with Crippen LogP contribution < -0.4 is 0 Å². The summed E-state index contributed by atoms with van der Waals surface area (Å²) >= 11 is 3.72. The zero-order chi connectivity index (χ0) is 12.8. The lowest BCUT2D eigenvalue weighted by Gasteiger charge is -2.28. The molecule has 0 aromatic heterocycles. The first-order valence-corrected chi connectivity index (χ1v) is 6.96. The molecule has 0 bridgehead atoms. The highest BCUT2D eigenvalue weighted by Gasteiger charge is 2.30. The standard InChI is InChI=1S/C17H15Br/c1-17(2)14-9-5-3-7-12(14)11-16(18)13-8-4-6-10-15(13)17/h3-11H,1-2H3. The molecule has 1 heteroatoms. The summed E-state index contributed by atoms with van der Waals surface area (Å²) in [5.74, 6) is 0. The fourth-order valence-electron chi connectivity index (χ4n) is 2.79. The van der Waals surface area contributed by atoms with Gasteiger partial charge >= 0.3 is 0 Å². The fraction of sp³-hybridized carbons (Fsp3) is 0.176. The Balaban J connectivity index is 2.40. The summed E-state index contributed by atoms with van der Waals surface area (Å²) in [7, 11) is 0. The minimum atomic E-state index is 0.0270. The van der Waals surface area contributed by atoms with Gasteiger partial charge < -0.3 is 0 Å². The third kappa shape index (κ3) is 1.65. The number of halogens is 1. The monoisotopic (exact) mass is 298 g/mol. The second-order valence-corrected chi connectivity index (χ2v) is 6.10. The summed E-state index contributed by atoms with van der Waals surface area (Å²) in [6.07, 6.45) is 2.23. The van der Waals surface area contributed by atoms with Crippen molar-refractivity contribution in [1.29, 1.82) is 0 Å². The Morgan fingerprint density at radius 3 is 2.22 bits per heavy atom. The molecule has 0 N–H and O–H groups in total. The van der Waals surface area contributed by atoms with Crippen molar-refractivity contribution in [2.24, 2.45) is 0 Å². The highest BCUT2D eigenvalue weighted by Crippen LogP contribution is 2.43. The Kier molecular flexibility index (Phi) is 2.67. The summed E-state index contributed by atoms with van der Waals surface area (Å²) in [6.45, 7) is 4.59. The molecule has 90 valence electrons. The first-order valence-electron chi connectivity index (χ1n) is 6.17. The van der Waals surface area contributed by atoms with Crippen LogP contribution in [0, 0.1) is 0 Å². The van der Waals surface area contributed by atoms with E-state index >= 15 is 0 Å². The maximum atomic E-state index is 3.72. The van der Waals surface area contributed by atoms with Gasteiger partial charge in [0, 0.05) is 9.90 Å². The maximum Gasteiger partial charge on any atom is 0.0256 e. The van der Waals surface area contributed by atoms with Crippen molar-refractivity contribution in [3.05, 3.63) is 70.8 Å². The zero-order valence-electron chi connectivity index (χ0n) is 10.6. The second kappa shape index (κ2) is 4.10. The maximum absolute atomic E-state index is 3.72. The Bertz CT molecular complexity index is 636. The van der Waals surface area contributed by atoms with Crippen LogP contribution in [0.1, 0.15) is 36.1 Å². The van der Waals surface area contributed by atoms with Crippen molar-refractivity contribution in [3.8, 4) is 0 Å². The lowest BCUT2D eigenvalue weighted by Crippen LogP contribution is -2.20. The number of rotatable bonds is 0. The number of fused-ring (bicyclic) bond motifs is 2. The van der Waals surface area contributed by atoms with Crippen LogP contribution in [0.25, 0.3) is 10.6 Å². The van der Waals surface area contributed by atoms with Crippen LogP contribution in [-0.4, -0.2) is 0 Å². The topological polar surface area (TPSA) is 0 Å². The van der Waals surface area contributed by atoms with Gasteiger partial charge in [0.2, 0.25) is 0 Å². The predicted molar refractivity (Wildman–Crippen MR) is 81.8 cm³/mol. The second-order valence-electron chi connectivity index (χ2n) is 5.25. The zero-order valence-corrected chi connectivity index (χ0v) is 12.2. The lowest BCUT2D eigenvalue weighted by molar-refractivity contribution is 0.639. The van der Waals surface area contributed by atoms with Crippen molar-refractivity contribution < 1.29 is 0 Å². The van der Waals surface area contributed by atoms with E-state index < -0.39 is 0 Å². The van der Waals surface area contributed by atoms with E-state index in [9.17, 15) is 0 Å². The minimum absolute atomic E-state index is 0.0270. The quantitative estimate of drug-likeness (QED) is 0.625. The van der Waals surface area contributed by atoms with E-state index in [0.29, 0.717) is 0 Å². The SMILES string of the molecule is CC1(C)c2ccccc2C=C(Br)c2ccccc21. The van der Waals surface area contributed by atoms with Crippen molar-refractivity contribution in [1.82, 2.24) is 0 Å². The van der Waals surface area contributed by atoms with Crippen molar-refractivity contribution in [2.45, 2.75) is 19.3 Å². The average molecular weight is 299 g/mol. The number of hydrogen-bond acceptors (Lipinski definition) is 0. The Hall–Kier alpha value is -1.34. The number of benzene rings is 2. The molecule has 0 atom stereocenters. The van der Waals surface area contributed by atoms with Crippen LogP contribution >= 0.6 is 15.9 Å². The first-order chi connectivity index (χ1) is 8.60. The molecule has 2 aromatic carbocycles. The lowest BCUT2D eigenvalue weighted by atomic mass is 9.76. The third-order valence-corrected chi connectivity index (χ3v) is 4.43. The molecular weight excluding hydrogens is 284 g/mol. The van der Waals surface area contributed by atoms with Crippen LogP contribution in [0.4, 0.5) is 0 Å². The van der Waals surface area contributed by atoms with Gasteiger partial charge in [-0.25, -0.2) is 0 Å². The average Bonchev–Trinajstić information content (AvgIpc) is 2.46. The van der Waals surface area contributed by atoms with E-state index in [0.717, 1.165) is 4.48 Å². The normalized spacial score (nSPS) is 16.3. The van der Waals surface area contributed by atoms with Crippen LogP contribution in [0.2, 0.25) is 0 Å². The number of hydrogen-bond donors (Lipinski definition) is 0. The fourth-order valence-corrected chi connectivity index (χ4v) is 3.38. The highest BCUT2D eigenvalue weighted by atomic mass is 79.9. The Labute approximate surface area is 116 Å². The van der Waals surface area contributed by atoms with E-state index in [4.69, 9.17) is 0 Å². The van der Waals surface area contributed by atoms with Gasteiger partial charge in [0.25, 0.3) is 0 Å². The molecule has 18 heavy (non-hydrogen) atoms. The van der Waals surface area contributed by atoms with Crippen molar-refractivity contribution >= 4 is 26.5 Å². The van der Waals surface area contributed by atoms with Gasteiger partial charge in [-0.2, -0.15) is 0 Å². The molecular formula is C17H15Br. The molecule has 0 aliphatic heterocycles. The molecule has 0 spiro atoms. The van der Waals surface area contributed by atoms with Gasteiger partial charge in [0.1, 0.15) is 0 Å². The van der Waals surface area contributed by atoms with E-state index in [-0.39, 0.29) is 5.41 Å². The molecule has 2 aromatic rings. The van der Waals surface area contributed by atoms with Gasteiger partial charge in [-0.05, 0) is 28.3 Å². The molecule has 1 aliphatic carbocycles. The summed E-state index contributed by atoms with van der Waals surface area (Å²) in [5, 5.41) is 0. The Morgan fingerprint density at radius 1 is 0.833 bits per heavy atom. The van der Waals surface area contributed by atoms with E-state index in [1.165, 1.54) is 22.3 Å². The van der Waals surface area contributed by atoms with Crippen molar-refractivity contribution in [2.75, 3.05) is 0 Å². The molecule has 0 fully saturated rings. The van der Waals surface area contributed by atoms with Gasteiger partial charge in [0.15, 0.2) is 0 Å². The molecule has 0 amide bonds. The summed E-state index contributed by atoms with van der Waals surface area (Å²) in [5.41, 5.74) is 5.37. The first kappa shape index (κ1) is 11.7. The molecule has 1 aliphatic rings. The van der Waals surface area contributed by atoms with E-state index in [1.807, 2.05) is 0 Å². The van der Waals surface area contributed by atoms with E-state index in [1.54, 1.807) is 0 Å². The smallest absolute Gasteiger partial charge is 0.0256 e. The third-order valence-electron chi connectivity index (χ3n) is 3.77. The summed E-state index contributed by atoms with van der Waals surface area (Å²) in [6, 6.07) is 17.3. The molecule has 0 saturated heterocycles. The molecule has 3 rings (SSSR count). The van der Waals surface area contributed by atoms with Gasteiger partial charge in [-0.3, -0.25) is 0 Å². The van der Waals surface area contributed by atoms with E-state index in [2.05, 4.69) is 84.4 Å². The van der Waals surface area contributed by atoms with Crippen LogP contribution in [0.15, 0.2) is 48.5 Å². The molecule has 0 saturated carbocycles. The molecule has 0 unspecified atom stereocenters. The predicted octanol–water partition coefficient (Wildman–Crippen LogP) is 5.22. The van der Waals surface area contributed by atoms with Crippen LogP contribution in [0.3, 0.4) is 0 Å². The van der Waals surface area contributed by atoms with Gasteiger partial charge in [0.05, 0.1) is 0 Å². The van der Waals surface area contributed by atoms with Gasteiger partial charge in [-0.1, -0.05) is 78.3 Å². The van der Waals surface area contributed by atoms with Crippen LogP contribution in [0.5, 0.6) is 0 Å². The van der Waals surface area contributed by atoms with Crippen molar-refractivity contribution in [3.63, 3.8) is 0 Å². The molecule has 0 nitrogen and oxygen atoms in total. The molecule has 0 heterocycles. The highest BCUT2D eigenvalue weighted by molar-refractivity contribution is 9.15. The summed E-state index contributed by atoms with van der Waals surface area (Å²) < 4.78 is 1.16. The summed E-state index contributed by atoms with van der Waals surface area (Å²) in [4.78, 5) is 0. The van der Waals surface area contributed by atoms with Crippen LogP contribution in [-0.2, 0) is 5.41 Å².